The van der Waals surface area contributed by atoms with Crippen molar-refractivity contribution in [2.24, 2.45) is 0 Å². The summed E-state index contributed by atoms with van der Waals surface area (Å²) < 4.78 is 0. The first kappa shape index (κ1) is 15.8. The van der Waals surface area contributed by atoms with Crippen LogP contribution in [0.1, 0.15) is 11.1 Å². The quantitative estimate of drug-likeness (QED) is 0.358. The van der Waals surface area contributed by atoms with Gasteiger partial charge in [-0.05, 0) is 58.3 Å². The molecule has 0 aromatic carbocycles. The maximum Gasteiger partial charge on any atom is 0.0522 e. The molecule has 0 unspecified atom stereocenters. The molecule has 0 atom stereocenters. The van der Waals surface area contributed by atoms with Gasteiger partial charge in [0, 0.05) is 32.1 Å². The number of halogens is 1. The lowest BCUT2D eigenvalue weighted by atomic mass is 10.1. The zero-order valence-corrected chi connectivity index (χ0v) is 15.7. The van der Waals surface area contributed by atoms with E-state index in [-0.39, 0.29) is 0 Å². The molecule has 5 heteroatoms. The highest BCUT2D eigenvalue weighted by Gasteiger charge is 2.13. The van der Waals surface area contributed by atoms with Gasteiger partial charge in [0.1, 0.15) is 0 Å². The van der Waals surface area contributed by atoms with E-state index in [9.17, 15) is 0 Å². The number of pyridine rings is 1. The highest BCUT2D eigenvalue weighted by Crippen LogP contribution is 2.42. The Balaban J connectivity index is 1.82. The highest BCUT2D eigenvalue weighted by atomic mass is 35.5. The second-order valence-corrected chi connectivity index (χ2v) is 8.43. The van der Waals surface area contributed by atoms with E-state index >= 15 is 0 Å². The monoisotopic (exact) mass is 385 g/mol. The van der Waals surface area contributed by atoms with Gasteiger partial charge in [-0.1, -0.05) is 23.7 Å². The maximum absolute atomic E-state index is 6.55. The summed E-state index contributed by atoms with van der Waals surface area (Å²) in [6.07, 6.45) is 5.58. The Hall–Kier alpha value is -1.72. The number of hydrogen-bond acceptors (Lipinski definition) is 4. The second kappa shape index (κ2) is 7.03. The molecule has 4 heterocycles. The van der Waals surface area contributed by atoms with Crippen molar-refractivity contribution >= 4 is 56.7 Å². The minimum Gasteiger partial charge on any atom is -0.265 e. The summed E-state index contributed by atoms with van der Waals surface area (Å²) in [5.41, 5.74) is 2.14. The first-order valence-corrected chi connectivity index (χ1v) is 10.3. The van der Waals surface area contributed by atoms with Gasteiger partial charge in [0.2, 0.25) is 0 Å². The van der Waals surface area contributed by atoms with E-state index in [4.69, 9.17) is 11.6 Å². The van der Waals surface area contributed by atoms with Gasteiger partial charge in [0.15, 0.2) is 0 Å². The van der Waals surface area contributed by atoms with E-state index in [1.54, 1.807) is 35.1 Å². The van der Waals surface area contributed by atoms with E-state index in [1.165, 1.54) is 19.5 Å². The van der Waals surface area contributed by atoms with Gasteiger partial charge in [0.25, 0.3) is 0 Å². The number of aromatic nitrogens is 1. The van der Waals surface area contributed by atoms with Gasteiger partial charge in [-0.3, -0.25) is 4.98 Å². The van der Waals surface area contributed by atoms with Crippen molar-refractivity contribution in [2.45, 2.75) is 0 Å². The van der Waals surface area contributed by atoms with Crippen LogP contribution in [0.2, 0.25) is 0 Å². The van der Waals surface area contributed by atoms with Gasteiger partial charge in [-0.25, -0.2) is 0 Å². The van der Waals surface area contributed by atoms with Gasteiger partial charge in [-0.2, -0.15) is 0 Å². The zero-order chi connectivity index (χ0) is 16.4. The Morgan fingerprint density at radius 2 is 1.62 bits per heavy atom. The Labute approximate surface area is 157 Å². The van der Waals surface area contributed by atoms with E-state index < -0.39 is 0 Å². The molecular formula is C19H12ClNS3. The summed E-state index contributed by atoms with van der Waals surface area (Å²) in [5.74, 6) is 0. The molecule has 24 heavy (non-hydrogen) atoms. The standard InChI is InChI=1S/C19H12ClNS3/c20-15(13-5-7-21-8-6-13)11-14-12-18(16-3-1-9-22-16)24-19(14)17-4-2-10-23-17/h1-12H/b15-11+. The third-order valence-electron chi connectivity index (χ3n) is 3.51. The van der Waals surface area contributed by atoms with Gasteiger partial charge >= 0.3 is 0 Å². The van der Waals surface area contributed by atoms with Crippen molar-refractivity contribution in [2.75, 3.05) is 0 Å². The fourth-order valence-electron chi connectivity index (χ4n) is 2.38. The molecule has 0 aliphatic carbocycles. The van der Waals surface area contributed by atoms with Crippen LogP contribution in [0.5, 0.6) is 0 Å². The first-order chi connectivity index (χ1) is 11.8. The summed E-state index contributed by atoms with van der Waals surface area (Å²) >= 11 is 11.9. The molecule has 0 fully saturated rings. The van der Waals surface area contributed by atoms with Crippen LogP contribution in [-0.4, -0.2) is 4.98 Å². The van der Waals surface area contributed by atoms with Gasteiger partial charge in [0.05, 0.1) is 4.88 Å². The second-order valence-electron chi connectivity index (χ2n) is 5.08. The summed E-state index contributed by atoms with van der Waals surface area (Å²) in [6.45, 7) is 0. The van der Waals surface area contributed by atoms with Crippen LogP contribution in [0.4, 0.5) is 0 Å². The molecule has 4 rings (SSSR count). The number of nitrogens with zero attached hydrogens (tertiary/aromatic N) is 1. The molecule has 0 saturated carbocycles. The molecule has 0 radical (unpaired) electrons. The molecule has 0 N–H and O–H groups in total. The van der Waals surface area contributed by atoms with Crippen LogP contribution in [0, 0.1) is 0 Å². The number of hydrogen-bond donors (Lipinski definition) is 0. The summed E-state index contributed by atoms with van der Waals surface area (Å²) in [6, 6.07) is 14.6. The summed E-state index contributed by atoms with van der Waals surface area (Å²) in [5, 5.41) is 4.95. The SMILES string of the molecule is Cl/C(=C/c1cc(-c2cccs2)sc1-c1cccs1)c1ccncc1. The van der Waals surface area contributed by atoms with Crippen molar-refractivity contribution < 1.29 is 0 Å². The molecule has 0 aliphatic rings. The van der Waals surface area contributed by atoms with Crippen LogP contribution in [0.3, 0.4) is 0 Å². The third kappa shape index (κ3) is 3.23. The minimum atomic E-state index is 0.728. The predicted molar refractivity (Wildman–Crippen MR) is 109 cm³/mol. The van der Waals surface area contributed by atoms with Crippen molar-refractivity contribution in [3.63, 3.8) is 0 Å². The molecule has 0 saturated heterocycles. The Bertz CT molecular complexity index is 952. The van der Waals surface area contributed by atoms with Crippen LogP contribution >= 0.6 is 45.6 Å². The fourth-order valence-corrected chi connectivity index (χ4v) is 5.47. The molecule has 4 aromatic heterocycles. The van der Waals surface area contributed by atoms with Gasteiger partial charge < -0.3 is 0 Å². The molecule has 0 spiro atoms. The molecule has 0 aliphatic heterocycles. The van der Waals surface area contributed by atoms with Crippen LogP contribution in [-0.2, 0) is 0 Å². The van der Waals surface area contributed by atoms with E-state index in [0.717, 1.165) is 16.2 Å². The molecule has 4 aromatic rings. The average molecular weight is 386 g/mol. The van der Waals surface area contributed by atoms with Crippen molar-refractivity contribution in [1.29, 1.82) is 0 Å². The number of rotatable bonds is 4. The summed E-state index contributed by atoms with van der Waals surface area (Å²) in [7, 11) is 0. The van der Waals surface area contributed by atoms with E-state index in [1.807, 2.05) is 23.5 Å². The lowest BCUT2D eigenvalue weighted by Crippen LogP contribution is -1.78. The van der Waals surface area contributed by atoms with Crippen LogP contribution in [0.15, 0.2) is 65.6 Å². The lowest BCUT2D eigenvalue weighted by Gasteiger charge is -2.00. The largest absolute Gasteiger partial charge is 0.265 e. The number of thiophene rings is 3. The van der Waals surface area contributed by atoms with Crippen molar-refractivity contribution in [3.05, 3.63) is 76.7 Å². The van der Waals surface area contributed by atoms with Gasteiger partial charge in [-0.15, -0.1) is 34.0 Å². The molecular weight excluding hydrogens is 374 g/mol. The van der Waals surface area contributed by atoms with Crippen molar-refractivity contribution in [3.8, 4) is 19.5 Å². The average Bonchev–Trinajstić information content (AvgIpc) is 3.36. The zero-order valence-electron chi connectivity index (χ0n) is 12.5. The lowest BCUT2D eigenvalue weighted by molar-refractivity contribution is 1.32. The maximum atomic E-state index is 6.55. The predicted octanol–water partition coefficient (Wildman–Crippen LogP) is 7.34. The molecule has 1 nitrogen and oxygen atoms in total. The van der Waals surface area contributed by atoms with E-state index in [0.29, 0.717) is 0 Å². The molecule has 0 bridgehead atoms. The van der Waals surface area contributed by atoms with Crippen molar-refractivity contribution in [1.82, 2.24) is 4.98 Å². The van der Waals surface area contributed by atoms with E-state index in [2.05, 4.69) is 52.2 Å². The Kier molecular flexibility index (Phi) is 4.63. The minimum absolute atomic E-state index is 0.728. The topological polar surface area (TPSA) is 12.9 Å². The normalized spacial score (nSPS) is 11.8. The third-order valence-corrected chi connectivity index (χ3v) is 7.10. The molecule has 118 valence electrons. The Morgan fingerprint density at radius 3 is 2.29 bits per heavy atom. The fraction of sp³-hybridized carbons (Fsp3) is 0. The van der Waals surface area contributed by atoms with Crippen LogP contribution in [0.25, 0.3) is 30.6 Å². The van der Waals surface area contributed by atoms with Crippen LogP contribution < -0.4 is 0 Å². The Morgan fingerprint density at radius 1 is 0.917 bits per heavy atom. The smallest absolute Gasteiger partial charge is 0.0522 e. The first-order valence-electron chi connectivity index (χ1n) is 7.30. The highest BCUT2D eigenvalue weighted by molar-refractivity contribution is 7.26. The molecule has 0 amide bonds. The summed E-state index contributed by atoms with van der Waals surface area (Å²) in [4.78, 5) is 9.15.